The maximum absolute atomic E-state index is 12.5. The van der Waals surface area contributed by atoms with Crippen molar-refractivity contribution in [1.82, 2.24) is 14.9 Å². The zero-order valence-corrected chi connectivity index (χ0v) is 19.7. The number of amides is 1. The van der Waals surface area contributed by atoms with Crippen molar-refractivity contribution in [2.24, 2.45) is 11.8 Å². The fraction of sp³-hybridized carbons (Fsp3) is 0.739. The summed E-state index contributed by atoms with van der Waals surface area (Å²) in [7, 11) is 0. The van der Waals surface area contributed by atoms with E-state index in [2.05, 4.69) is 28.0 Å². The fourth-order valence-corrected chi connectivity index (χ4v) is 4.03. The lowest BCUT2D eigenvalue weighted by Gasteiger charge is -2.26. The van der Waals surface area contributed by atoms with Crippen LogP contribution >= 0.6 is 0 Å². The number of ether oxygens (including phenoxy) is 3. The van der Waals surface area contributed by atoms with Gasteiger partial charge in [0, 0.05) is 39.1 Å². The van der Waals surface area contributed by atoms with Crippen molar-refractivity contribution in [3.8, 4) is 0 Å². The van der Waals surface area contributed by atoms with E-state index < -0.39 is 18.4 Å². The van der Waals surface area contributed by atoms with Crippen molar-refractivity contribution in [3.05, 3.63) is 18.2 Å². The number of imidazole rings is 1. The number of esters is 2. The normalized spacial score (nSPS) is 20.1. The average Bonchev–Trinajstić information content (AvgIpc) is 3.18. The Hall–Kier alpha value is -2.58. The molecule has 1 unspecified atom stereocenters. The Kier molecular flexibility index (Phi) is 10.5. The van der Waals surface area contributed by atoms with Gasteiger partial charge in [-0.3, -0.25) is 9.59 Å². The Balaban J connectivity index is 1.82. The molecule has 0 saturated heterocycles. The van der Waals surface area contributed by atoms with Gasteiger partial charge >= 0.3 is 18.0 Å². The van der Waals surface area contributed by atoms with Crippen molar-refractivity contribution < 1.29 is 28.6 Å². The summed E-state index contributed by atoms with van der Waals surface area (Å²) in [6.07, 6.45) is 8.72. The van der Waals surface area contributed by atoms with Crippen LogP contribution < -0.4 is 5.32 Å². The lowest BCUT2D eigenvalue weighted by Crippen LogP contribution is -2.31. The van der Waals surface area contributed by atoms with E-state index in [4.69, 9.17) is 14.2 Å². The third-order valence-corrected chi connectivity index (χ3v) is 5.74. The third-order valence-electron chi connectivity index (χ3n) is 5.74. The van der Waals surface area contributed by atoms with Crippen LogP contribution in [0.1, 0.15) is 78.0 Å². The molecule has 0 radical (unpaired) electrons. The minimum Gasteiger partial charge on any atom is -0.466 e. The van der Waals surface area contributed by atoms with Crippen LogP contribution in [0.25, 0.3) is 0 Å². The molecule has 9 nitrogen and oxygen atoms in total. The van der Waals surface area contributed by atoms with Crippen LogP contribution in [-0.4, -0.2) is 47.0 Å². The van der Waals surface area contributed by atoms with Crippen LogP contribution in [-0.2, 0) is 30.2 Å². The van der Waals surface area contributed by atoms with E-state index in [1.54, 1.807) is 6.92 Å². The number of hydrogen-bond acceptors (Lipinski definition) is 7. The molecule has 2 rings (SSSR count). The smallest absolute Gasteiger partial charge is 0.410 e. The Bertz CT molecular complexity index is 742. The van der Waals surface area contributed by atoms with E-state index in [1.165, 1.54) is 26.7 Å². The predicted octanol–water partition coefficient (Wildman–Crippen LogP) is 3.77. The second-order valence-electron chi connectivity index (χ2n) is 8.53. The topological polar surface area (TPSA) is 109 Å². The first-order valence-corrected chi connectivity index (χ1v) is 11.6. The Labute approximate surface area is 190 Å². The van der Waals surface area contributed by atoms with E-state index >= 15 is 0 Å². The quantitative estimate of drug-likeness (QED) is 0.310. The highest BCUT2D eigenvalue weighted by Gasteiger charge is 2.23. The van der Waals surface area contributed by atoms with Crippen LogP contribution in [0.15, 0.2) is 12.5 Å². The predicted molar refractivity (Wildman–Crippen MR) is 118 cm³/mol. The monoisotopic (exact) mass is 451 g/mol. The molecule has 1 saturated carbocycles. The molecule has 2 atom stereocenters. The Morgan fingerprint density at radius 3 is 2.59 bits per heavy atom. The molecule has 1 aliphatic carbocycles. The average molecular weight is 452 g/mol. The van der Waals surface area contributed by atoms with Gasteiger partial charge in [0.2, 0.25) is 6.29 Å². The van der Waals surface area contributed by atoms with Gasteiger partial charge in [-0.05, 0) is 51.4 Å². The third kappa shape index (κ3) is 8.88. The van der Waals surface area contributed by atoms with Gasteiger partial charge in [0.25, 0.3) is 0 Å². The number of rotatable bonds is 11. The van der Waals surface area contributed by atoms with Crippen LogP contribution in [0.5, 0.6) is 0 Å². The molecule has 1 aromatic rings. The molecule has 0 aromatic carbocycles. The fourth-order valence-electron chi connectivity index (χ4n) is 4.03. The van der Waals surface area contributed by atoms with Crippen LogP contribution in [0.2, 0.25) is 0 Å². The zero-order valence-electron chi connectivity index (χ0n) is 19.7. The first kappa shape index (κ1) is 25.7. The van der Waals surface area contributed by atoms with Crippen molar-refractivity contribution in [2.75, 3.05) is 13.2 Å². The maximum atomic E-state index is 12.5. The molecule has 32 heavy (non-hydrogen) atoms. The van der Waals surface area contributed by atoms with E-state index in [9.17, 15) is 14.4 Å². The number of nitrogens with zero attached hydrogens (tertiary/aromatic N) is 2. The highest BCUT2D eigenvalue weighted by molar-refractivity contribution is 5.72. The van der Waals surface area contributed by atoms with Crippen molar-refractivity contribution in [3.63, 3.8) is 0 Å². The summed E-state index contributed by atoms with van der Waals surface area (Å²) in [5.74, 6) is -0.316. The van der Waals surface area contributed by atoms with Gasteiger partial charge in [-0.2, -0.15) is 0 Å². The second kappa shape index (κ2) is 13.1. The highest BCUT2D eigenvalue weighted by Crippen LogP contribution is 2.32. The Morgan fingerprint density at radius 2 is 1.94 bits per heavy atom. The van der Waals surface area contributed by atoms with E-state index in [0.29, 0.717) is 38.5 Å². The van der Waals surface area contributed by atoms with Crippen LogP contribution in [0.4, 0.5) is 4.79 Å². The summed E-state index contributed by atoms with van der Waals surface area (Å²) in [5, 5.41) is 2.60. The Morgan fingerprint density at radius 1 is 1.22 bits per heavy atom. The lowest BCUT2D eigenvalue weighted by molar-refractivity contribution is -0.162. The minimum atomic E-state index is -0.956. The molecule has 1 N–H and O–H groups in total. The molecular weight excluding hydrogens is 414 g/mol. The standard InChI is InChI=1S/C23H37N3O6/c1-5-30-22(28)19(7-6-12-24-23(29)32-18(4)31-17(3)27)13-20-14-26(15-25-20)21-10-8-16(2)9-11-21/h14-16,18-19,21H,5-13H2,1-4H3,(H,24,29)/t16?,18?,19-,21?/m0/s1. The highest BCUT2D eigenvalue weighted by atomic mass is 16.7. The molecule has 9 heteroatoms. The summed E-state index contributed by atoms with van der Waals surface area (Å²) in [6, 6.07) is 0.484. The molecule has 1 aromatic heterocycles. The molecule has 0 spiro atoms. The molecule has 1 fully saturated rings. The first-order chi connectivity index (χ1) is 15.3. The first-order valence-electron chi connectivity index (χ1n) is 11.6. The number of hydrogen-bond donors (Lipinski definition) is 1. The summed E-state index contributed by atoms with van der Waals surface area (Å²) in [5.41, 5.74) is 0.879. The van der Waals surface area contributed by atoms with Gasteiger partial charge in [0.1, 0.15) is 0 Å². The van der Waals surface area contributed by atoms with Crippen LogP contribution in [0, 0.1) is 11.8 Å². The van der Waals surface area contributed by atoms with Gasteiger partial charge in [-0.1, -0.05) is 6.92 Å². The molecule has 1 heterocycles. The van der Waals surface area contributed by atoms with Crippen molar-refractivity contribution in [2.45, 2.75) is 85.0 Å². The maximum Gasteiger partial charge on any atom is 0.410 e. The van der Waals surface area contributed by atoms with Gasteiger partial charge < -0.3 is 24.1 Å². The van der Waals surface area contributed by atoms with Crippen molar-refractivity contribution in [1.29, 1.82) is 0 Å². The van der Waals surface area contributed by atoms with Crippen molar-refractivity contribution >= 4 is 18.0 Å². The molecule has 0 bridgehead atoms. The summed E-state index contributed by atoms with van der Waals surface area (Å²) < 4.78 is 17.1. The van der Waals surface area contributed by atoms with E-state index in [0.717, 1.165) is 24.5 Å². The molecule has 180 valence electrons. The van der Waals surface area contributed by atoms with E-state index in [1.807, 2.05) is 6.33 Å². The number of carbonyl (C=O) groups excluding carboxylic acids is 3. The summed E-state index contributed by atoms with van der Waals surface area (Å²) in [4.78, 5) is 39.6. The van der Waals surface area contributed by atoms with Gasteiger partial charge in [-0.25, -0.2) is 9.78 Å². The minimum absolute atomic E-state index is 0.250. The van der Waals surface area contributed by atoms with Gasteiger partial charge in [0.15, 0.2) is 0 Å². The summed E-state index contributed by atoms with van der Waals surface area (Å²) >= 11 is 0. The SMILES string of the molecule is CCOC(=O)[C@@H](CCCNC(=O)OC(C)OC(C)=O)Cc1cn(C2CCC(C)CC2)cn1. The lowest BCUT2D eigenvalue weighted by atomic mass is 9.87. The molecule has 0 aliphatic heterocycles. The zero-order chi connectivity index (χ0) is 23.5. The number of aromatic nitrogens is 2. The second-order valence-corrected chi connectivity index (χ2v) is 8.53. The van der Waals surface area contributed by atoms with Gasteiger partial charge in [-0.15, -0.1) is 0 Å². The van der Waals surface area contributed by atoms with Crippen LogP contribution in [0.3, 0.4) is 0 Å². The van der Waals surface area contributed by atoms with Gasteiger partial charge in [0.05, 0.1) is 24.5 Å². The largest absolute Gasteiger partial charge is 0.466 e. The number of carbonyl (C=O) groups is 3. The summed E-state index contributed by atoms with van der Waals surface area (Å²) in [6.45, 7) is 7.44. The molecular formula is C23H37N3O6. The number of nitrogens with one attached hydrogen (secondary N) is 1. The van der Waals surface area contributed by atoms with E-state index in [-0.39, 0.29) is 11.9 Å². The number of alkyl carbamates (subject to hydrolysis) is 1. The molecule has 1 amide bonds. The molecule has 1 aliphatic rings.